The van der Waals surface area contributed by atoms with Crippen LogP contribution in [-0.2, 0) is 20.1 Å². The molecule has 2 rings (SSSR count). The van der Waals surface area contributed by atoms with Crippen LogP contribution in [0.1, 0.15) is 38.0 Å². The zero-order valence-corrected chi connectivity index (χ0v) is 11.2. The van der Waals surface area contributed by atoms with Crippen LogP contribution in [0.15, 0.2) is 18.7 Å². The van der Waals surface area contributed by atoms with Crippen LogP contribution in [0.3, 0.4) is 0 Å². The summed E-state index contributed by atoms with van der Waals surface area (Å²) >= 11 is 0. The molecule has 0 saturated heterocycles. The molecule has 0 aliphatic carbocycles. The van der Waals surface area contributed by atoms with E-state index >= 15 is 0 Å². The van der Waals surface area contributed by atoms with Gasteiger partial charge in [-0.05, 0) is 13.3 Å². The highest BCUT2D eigenvalue weighted by molar-refractivity contribution is 4.96. The first kappa shape index (κ1) is 12.8. The molecule has 1 N–H and O–H groups in total. The van der Waals surface area contributed by atoms with Gasteiger partial charge < -0.3 is 14.5 Å². The van der Waals surface area contributed by atoms with Crippen molar-refractivity contribution in [3.8, 4) is 0 Å². The van der Waals surface area contributed by atoms with Gasteiger partial charge in [-0.3, -0.25) is 0 Å². The van der Waals surface area contributed by atoms with Gasteiger partial charge in [0.25, 0.3) is 0 Å². The molecule has 0 saturated carbocycles. The Labute approximate surface area is 107 Å². The van der Waals surface area contributed by atoms with E-state index in [1.807, 2.05) is 24.0 Å². The summed E-state index contributed by atoms with van der Waals surface area (Å²) in [6.07, 6.45) is 6.70. The Bertz CT molecular complexity index is 486. The van der Waals surface area contributed by atoms with Gasteiger partial charge in [-0.2, -0.15) is 0 Å². The van der Waals surface area contributed by atoms with Gasteiger partial charge in [0.15, 0.2) is 0 Å². The first-order valence-corrected chi connectivity index (χ1v) is 6.29. The Morgan fingerprint density at radius 2 is 2.28 bits per heavy atom. The Morgan fingerprint density at radius 1 is 1.44 bits per heavy atom. The molecule has 0 bridgehead atoms. The average molecular weight is 248 g/mol. The topological polar surface area (TPSA) is 60.6 Å². The summed E-state index contributed by atoms with van der Waals surface area (Å²) in [4.78, 5) is 4.37. The maximum atomic E-state index is 4.37. The van der Waals surface area contributed by atoms with Gasteiger partial charge >= 0.3 is 0 Å². The molecule has 0 aliphatic heterocycles. The van der Waals surface area contributed by atoms with E-state index in [0.29, 0.717) is 0 Å². The van der Waals surface area contributed by atoms with Gasteiger partial charge in [-0.25, -0.2) is 4.98 Å². The van der Waals surface area contributed by atoms with Gasteiger partial charge in [0.2, 0.25) is 0 Å². The minimum atomic E-state index is 0.157. The van der Waals surface area contributed by atoms with E-state index in [-0.39, 0.29) is 6.04 Å². The summed E-state index contributed by atoms with van der Waals surface area (Å²) in [6, 6.07) is 0.157. The summed E-state index contributed by atoms with van der Waals surface area (Å²) in [5, 5.41) is 11.4. The van der Waals surface area contributed by atoms with E-state index in [2.05, 4.69) is 38.9 Å². The van der Waals surface area contributed by atoms with E-state index in [0.717, 1.165) is 31.2 Å². The summed E-state index contributed by atoms with van der Waals surface area (Å²) < 4.78 is 4.10. The lowest BCUT2D eigenvalue weighted by Crippen LogP contribution is -2.23. The largest absolute Gasteiger partial charge is 0.334 e. The molecule has 0 spiro atoms. The Kier molecular flexibility index (Phi) is 4.09. The number of aromatic nitrogens is 5. The van der Waals surface area contributed by atoms with Crippen molar-refractivity contribution in [3.05, 3.63) is 30.4 Å². The fourth-order valence-electron chi connectivity index (χ4n) is 1.97. The van der Waals surface area contributed by atoms with Crippen molar-refractivity contribution < 1.29 is 0 Å². The van der Waals surface area contributed by atoms with Gasteiger partial charge in [-0.1, -0.05) is 6.92 Å². The Balaban J connectivity index is 1.95. The quantitative estimate of drug-likeness (QED) is 0.836. The molecule has 0 aliphatic rings. The molecule has 6 nitrogen and oxygen atoms in total. The molecule has 2 aromatic rings. The lowest BCUT2D eigenvalue weighted by Gasteiger charge is -2.13. The second-order valence-electron chi connectivity index (χ2n) is 4.44. The van der Waals surface area contributed by atoms with Crippen molar-refractivity contribution in [1.29, 1.82) is 0 Å². The second-order valence-corrected chi connectivity index (χ2v) is 4.44. The highest BCUT2D eigenvalue weighted by Crippen LogP contribution is 2.08. The van der Waals surface area contributed by atoms with Gasteiger partial charge in [-0.15, -0.1) is 10.2 Å². The van der Waals surface area contributed by atoms with E-state index in [4.69, 9.17) is 0 Å². The summed E-state index contributed by atoms with van der Waals surface area (Å²) in [7, 11) is 1.95. The summed E-state index contributed by atoms with van der Waals surface area (Å²) in [5.74, 6) is 1.99. The Morgan fingerprint density at radius 3 is 2.94 bits per heavy atom. The molecule has 0 radical (unpaired) electrons. The molecule has 0 aromatic carbocycles. The predicted octanol–water partition coefficient (Wildman–Crippen LogP) is 1.27. The summed E-state index contributed by atoms with van der Waals surface area (Å²) in [6.45, 7) is 5.99. The standard InChI is InChI=1S/C12H20N6/c1-4-6-18-7-5-13-11(18)8-14-10(2)12-16-15-9-17(12)3/h5,7,9-10,14H,4,6,8H2,1-3H3. The van der Waals surface area contributed by atoms with Crippen LogP contribution >= 0.6 is 0 Å². The predicted molar refractivity (Wildman–Crippen MR) is 68.8 cm³/mol. The molecule has 1 atom stereocenters. The first-order chi connectivity index (χ1) is 8.72. The fourth-order valence-corrected chi connectivity index (χ4v) is 1.97. The molecule has 2 heterocycles. The molecule has 2 aromatic heterocycles. The number of aryl methyl sites for hydroxylation is 2. The van der Waals surface area contributed by atoms with E-state index in [1.165, 1.54) is 0 Å². The maximum Gasteiger partial charge on any atom is 0.149 e. The van der Waals surface area contributed by atoms with Crippen molar-refractivity contribution in [2.75, 3.05) is 0 Å². The van der Waals surface area contributed by atoms with E-state index in [9.17, 15) is 0 Å². The third kappa shape index (κ3) is 2.76. The van der Waals surface area contributed by atoms with Gasteiger partial charge in [0.05, 0.1) is 12.6 Å². The number of hydrogen-bond donors (Lipinski definition) is 1. The van der Waals surface area contributed by atoms with Crippen molar-refractivity contribution in [3.63, 3.8) is 0 Å². The van der Waals surface area contributed by atoms with Crippen LogP contribution in [0.4, 0.5) is 0 Å². The molecule has 6 heteroatoms. The first-order valence-electron chi connectivity index (χ1n) is 6.29. The molecule has 18 heavy (non-hydrogen) atoms. The van der Waals surface area contributed by atoms with Crippen molar-refractivity contribution in [1.82, 2.24) is 29.6 Å². The van der Waals surface area contributed by atoms with Gasteiger partial charge in [0, 0.05) is 26.0 Å². The van der Waals surface area contributed by atoms with Crippen molar-refractivity contribution in [2.24, 2.45) is 7.05 Å². The zero-order chi connectivity index (χ0) is 13.0. The third-order valence-corrected chi connectivity index (χ3v) is 2.97. The molecular formula is C12H20N6. The average Bonchev–Trinajstić information content (AvgIpc) is 2.96. The van der Waals surface area contributed by atoms with Crippen LogP contribution in [0.5, 0.6) is 0 Å². The lowest BCUT2D eigenvalue weighted by atomic mass is 10.3. The van der Waals surface area contributed by atoms with Crippen LogP contribution in [0, 0.1) is 0 Å². The summed E-state index contributed by atoms with van der Waals surface area (Å²) in [5.41, 5.74) is 0. The van der Waals surface area contributed by atoms with Crippen molar-refractivity contribution in [2.45, 2.75) is 39.4 Å². The normalized spacial score (nSPS) is 12.8. The highest BCUT2D eigenvalue weighted by Gasteiger charge is 2.11. The van der Waals surface area contributed by atoms with Crippen LogP contribution < -0.4 is 5.32 Å². The third-order valence-electron chi connectivity index (χ3n) is 2.97. The molecule has 1 unspecified atom stereocenters. The molecule has 0 amide bonds. The SMILES string of the molecule is CCCn1ccnc1CNC(C)c1nncn1C. The molecular weight excluding hydrogens is 228 g/mol. The van der Waals surface area contributed by atoms with E-state index in [1.54, 1.807) is 6.33 Å². The van der Waals surface area contributed by atoms with Crippen LogP contribution in [0.2, 0.25) is 0 Å². The zero-order valence-electron chi connectivity index (χ0n) is 11.2. The molecule has 98 valence electrons. The maximum absolute atomic E-state index is 4.37. The minimum Gasteiger partial charge on any atom is -0.334 e. The Hall–Kier alpha value is -1.69. The fraction of sp³-hybridized carbons (Fsp3) is 0.583. The van der Waals surface area contributed by atoms with E-state index < -0.39 is 0 Å². The number of nitrogens with one attached hydrogen (secondary N) is 1. The van der Waals surface area contributed by atoms with Gasteiger partial charge in [0.1, 0.15) is 18.0 Å². The smallest absolute Gasteiger partial charge is 0.149 e. The van der Waals surface area contributed by atoms with Crippen molar-refractivity contribution >= 4 is 0 Å². The number of nitrogens with zero attached hydrogens (tertiary/aromatic N) is 5. The van der Waals surface area contributed by atoms with Crippen LogP contribution in [0.25, 0.3) is 0 Å². The highest BCUT2D eigenvalue weighted by atomic mass is 15.3. The second kappa shape index (κ2) is 5.77. The number of hydrogen-bond acceptors (Lipinski definition) is 4. The van der Waals surface area contributed by atoms with Crippen LogP contribution in [-0.4, -0.2) is 24.3 Å². The number of imidazole rings is 1. The monoisotopic (exact) mass is 248 g/mol. The lowest BCUT2D eigenvalue weighted by molar-refractivity contribution is 0.501. The number of rotatable bonds is 6. The molecule has 0 fully saturated rings. The minimum absolute atomic E-state index is 0.157.